The highest BCUT2D eigenvalue weighted by molar-refractivity contribution is 5.83. The number of halogens is 7. The topological polar surface area (TPSA) is 29.1 Å². The van der Waals surface area contributed by atoms with E-state index in [4.69, 9.17) is 0 Å². The monoisotopic (exact) mass is 241 g/mol. The first-order valence-corrected chi connectivity index (χ1v) is 3.58. The Morgan fingerprint density at radius 1 is 1.13 bits per heavy atom. The zero-order valence-electron chi connectivity index (χ0n) is 7.05. The minimum absolute atomic E-state index is 1.07. The molecule has 0 atom stereocenters. The molecule has 1 amide bonds. The number of carbonyl (C=O) groups is 1. The lowest BCUT2D eigenvalue weighted by molar-refractivity contribution is -0.170. The van der Waals surface area contributed by atoms with Gasteiger partial charge in [-0.05, 0) is 0 Å². The maximum atomic E-state index is 12.1. The SMILES string of the molecule is O=C(NCCC(F)(F)F)C(F)(F)C(F)F. The molecule has 0 aliphatic carbocycles. The second kappa shape index (κ2) is 4.67. The average Bonchev–Trinajstić information content (AvgIpc) is 2.01. The number of rotatable bonds is 4. The second-order valence-corrected chi connectivity index (χ2v) is 2.54. The average molecular weight is 241 g/mol. The fourth-order valence-electron chi connectivity index (χ4n) is 0.535. The van der Waals surface area contributed by atoms with Gasteiger partial charge < -0.3 is 5.32 Å². The van der Waals surface area contributed by atoms with Gasteiger partial charge in [-0.1, -0.05) is 0 Å². The summed E-state index contributed by atoms with van der Waals surface area (Å²) in [5.41, 5.74) is 0. The molecule has 2 nitrogen and oxygen atoms in total. The molecule has 90 valence electrons. The van der Waals surface area contributed by atoms with Crippen molar-refractivity contribution in [3.63, 3.8) is 0 Å². The Labute approximate surface area is 79.4 Å². The summed E-state index contributed by atoms with van der Waals surface area (Å²) in [7, 11) is 0. The predicted octanol–water partition coefficient (Wildman–Crippen LogP) is 1.96. The van der Waals surface area contributed by atoms with Crippen molar-refractivity contribution in [3.05, 3.63) is 0 Å². The number of carbonyl (C=O) groups excluding carboxylic acids is 1. The molecule has 0 unspecified atom stereocenters. The standard InChI is InChI=1S/C6H6F7NO/c7-3(8)6(12,13)4(15)14-2-1-5(9,10)11/h3H,1-2H2,(H,14,15). The van der Waals surface area contributed by atoms with Crippen molar-refractivity contribution in [1.82, 2.24) is 5.32 Å². The van der Waals surface area contributed by atoms with Crippen molar-refractivity contribution >= 4 is 5.91 Å². The van der Waals surface area contributed by atoms with Gasteiger partial charge in [0.25, 0.3) is 5.91 Å². The first-order valence-electron chi connectivity index (χ1n) is 3.58. The molecule has 0 radical (unpaired) electrons. The van der Waals surface area contributed by atoms with Gasteiger partial charge in [0, 0.05) is 6.54 Å². The number of alkyl halides is 7. The molecule has 0 fully saturated rings. The largest absolute Gasteiger partial charge is 0.390 e. The molecule has 0 aliphatic rings. The summed E-state index contributed by atoms with van der Waals surface area (Å²) in [6.07, 6.45) is -10.4. The number of nitrogens with one attached hydrogen (secondary N) is 1. The number of hydrogen-bond donors (Lipinski definition) is 1. The third-order valence-corrected chi connectivity index (χ3v) is 1.27. The van der Waals surface area contributed by atoms with Crippen LogP contribution in [0, 0.1) is 0 Å². The van der Waals surface area contributed by atoms with Crippen LogP contribution in [0.3, 0.4) is 0 Å². The second-order valence-electron chi connectivity index (χ2n) is 2.54. The molecule has 0 aromatic rings. The van der Waals surface area contributed by atoms with E-state index in [1.54, 1.807) is 0 Å². The van der Waals surface area contributed by atoms with Gasteiger partial charge in [0.15, 0.2) is 0 Å². The van der Waals surface area contributed by atoms with Crippen LogP contribution in [0.15, 0.2) is 0 Å². The Kier molecular flexibility index (Phi) is 4.35. The molecule has 9 heteroatoms. The van der Waals surface area contributed by atoms with E-state index < -0.39 is 37.4 Å². The minimum atomic E-state index is -4.97. The van der Waals surface area contributed by atoms with Gasteiger partial charge in [-0.15, -0.1) is 0 Å². The molecular formula is C6H6F7NO. The third kappa shape index (κ3) is 4.84. The van der Waals surface area contributed by atoms with Crippen molar-refractivity contribution < 1.29 is 35.5 Å². The smallest absolute Gasteiger partial charge is 0.350 e. The van der Waals surface area contributed by atoms with Crippen LogP contribution in [0.1, 0.15) is 6.42 Å². The fourth-order valence-corrected chi connectivity index (χ4v) is 0.535. The zero-order chi connectivity index (χ0) is 12.3. The summed E-state index contributed by atoms with van der Waals surface area (Å²) in [4.78, 5) is 10.3. The molecule has 15 heavy (non-hydrogen) atoms. The highest BCUT2D eigenvalue weighted by atomic mass is 19.4. The first-order chi connectivity index (χ1) is 6.57. The highest BCUT2D eigenvalue weighted by Crippen LogP contribution is 2.23. The minimum Gasteiger partial charge on any atom is -0.350 e. The molecule has 0 aromatic carbocycles. The normalized spacial score (nSPS) is 13.1. The number of amides is 1. The van der Waals surface area contributed by atoms with Crippen molar-refractivity contribution in [1.29, 1.82) is 0 Å². The van der Waals surface area contributed by atoms with E-state index in [1.807, 2.05) is 0 Å². The Balaban J connectivity index is 4.06. The molecule has 0 saturated carbocycles. The Hall–Kier alpha value is -1.02. The van der Waals surface area contributed by atoms with Crippen LogP contribution in [-0.4, -0.2) is 31.0 Å². The molecule has 0 saturated heterocycles. The van der Waals surface area contributed by atoms with Crippen LogP contribution in [0.5, 0.6) is 0 Å². The maximum absolute atomic E-state index is 12.1. The van der Waals surface area contributed by atoms with Crippen LogP contribution >= 0.6 is 0 Å². The molecule has 0 rings (SSSR count). The van der Waals surface area contributed by atoms with Crippen LogP contribution < -0.4 is 5.32 Å². The van der Waals surface area contributed by atoms with E-state index in [0.717, 1.165) is 5.32 Å². The van der Waals surface area contributed by atoms with E-state index in [1.165, 1.54) is 0 Å². The van der Waals surface area contributed by atoms with E-state index >= 15 is 0 Å². The van der Waals surface area contributed by atoms with E-state index in [-0.39, 0.29) is 0 Å². The molecule has 0 bridgehead atoms. The van der Waals surface area contributed by atoms with Gasteiger partial charge >= 0.3 is 18.5 Å². The van der Waals surface area contributed by atoms with E-state index in [2.05, 4.69) is 0 Å². The molecule has 0 aliphatic heterocycles. The molecule has 1 N–H and O–H groups in total. The van der Waals surface area contributed by atoms with Crippen molar-refractivity contribution in [2.75, 3.05) is 6.54 Å². The van der Waals surface area contributed by atoms with Crippen LogP contribution in [0.4, 0.5) is 30.7 Å². The molecule has 0 spiro atoms. The summed E-state index contributed by atoms with van der Waals surface area (Å²) in [5.74, 6) is -7.38. The summed E-state index contributed by atoms with van der Waals surface area (Å²) in [6, 6.07) is 0. The van der Waals surface area contributed by atoms with E-state index in [9.17, 15) is 35.5 Å². The van der Waals surface area contributed by atoms with Gasteiger partial charge in [-0.3, -0.25) is 4.79 Å². The lowest BCUT2D eigenvalue weighted by atomic mass is 10.3. The summed E-state index contributed by atoms with van der Waals surface area (Å²) < 4.78 is 81.6. The summed E-state index contributed by atoms with van der Waals surface area (Å²) in [5, 5.41) is 1.07. The Bertz CT molecular complexity index is 224. The van der Waals surface area contributed by atoms with Crippen molar-refractivity contribution in [2.45, 2.75) is 24.9 Å². The van der Waals surface area contributed by atoms with Gasteiger partial charge in [-0.25, -0.2) is 8.78 Å². The lowest BCUT2D eigenvalue weighted by Crippen LogP contribution is -2.46. The predicted molar refractivity (Wildman–Crippen MR) is 34.6 cm³/mol. The van der Waals surface area contributed by atoms with Crippen LogP contribution in [0.2, 0.25) is 0 Å². The van der Waals surface area contributed by atoms with Crippen molar-refractivity contribution in [2.24, 2.45) is 0 Å². The Morgan fingerprint density at radius 2 is 1.60 bits per heavy atom. The third-order valence-electron chi connectivity index (χ3n) is 1.27. The quantitative estimate of drug-likeness (QED) is 0.749. The van der Waals surface area contributed by atoms with Gasteiger partial charge in [0.1, 0.15) is 0 Å². The molecule has 0 aromatic heterocycles. The highest BCUT2D eigenvalue weighted by Gasteiger charge is 2.48. The molecular weight excluding hydrogens is 235 g/mol. The summed E-state index contributed by atoms with van der Waals surface area (Å²) >= 11 is 0. The van der Waals surface area contributed by atoms with Crippen LogP contribution in [0.25, 0.3) is 0 Å². The zero-order valence-corrected chi connectivity index (χ0v) is 7.05. The number of hydrogen-bond acceptors (Lipinski definition) is 1. The van der Waals surface area contributed by atoms with Crippen molar-refractivity contribution in [3.8, 4) is 0 Å². The van der Waals surface area contributed by atoms with Crippen LogP contribution in [-0.2, 0) is 4.79 Å². The van der Waals surface area contributed by atoms with E-state index in [0.29, 0.717) is 0 Å². The first kappa shape index (κ1) is 14.0. The summed E-state index contributed by atoms with van der Waals surface area (Å²) in [6.45, 7) is -1.16. The van der Waals surface area contributed by atoms with Gasteiger partial charge in [0.05, 0.1) is 6.42 Å². The molecule has 0 heterocycles. The maximum Gasteiger partial charge on any atom is 0.390 e. The fraction of sp³-hybridized carbons (Fsp3) is 0.833. The van der Waals surface area contributed by atoms with Gasteiger partial charge in [-0.2, -0.15) is 22.0 Å². The van der Waals surface area contributed by atoms with Gasteiger partial charge in [0.2, 0.25) is 0 Å². The lowest BCUT2D eigenvalue weighted by Gasteiger charge is -2.15. The Morgan fingerprint density at radius 3 is 1.93 bits per heavy atom.